The average molecular weight is 589 g/mol. The van der Waals surface area contributed by atoms with E-state index < -0.39 is 34.9 Å². The molecule has 2 fully saturated rings. The Balaban J connectivity index is 1.61. The van der Waals surface area contributed by atoms with E-state index in [4.69, 9.17) is 20.6 Å². The first kappa shape index (κ1) is 30.7. The number of ether oxygens (including phenoxy) is 2. The van der Waals surface area contributed by atoms with Gasteiger partial charge in [0.05, 0.1) is 25.2 Å². The summed E-state index contributed by atoms with van der Waals surface area (Å²) in [5.41, 5.74) is 6.01. The SMILES string of the molecule is COCC(C)(C)C(=O)n1nc(C2CCN(C(=O)N3CCOCC3)C(=O)C2C)c(F)c1SCc1ccc(C(=N)N)cc1. The van der Waals surface area contributed by atoms with Gasteiger partial charge < -0.3 is 20.1 Å². The molecule has 0 bridgehead atoms. The number of nitrogens with one attached hydrogen (secondary N) is 1. The molecule has 11 nitrogen and oxygen atoms in total. The van der Waals surface area contributed by atoms with Crippen LogP contribution in [0.5, 0.6) is 0 Å². The standard InChI is InChI=1S/C28H37FN6O5S/c1-17-20(9-10-34(24(17)36)27(38)33-11-13-40-14-12-33)22-21(29)25(35(32-22)26(37)28(2,3)16-39-4)41-15-18-5-7-19(8-6-18)23(30)31/h5-8,17,20H,9-16H2,1-4H3,(H3,30,31). The van der Waals surface area contributed by atoms with Crippen LogP contribution in [0.1, 0.15) is 54.7 Å². The van der Waals surface area contributed by atoms with E-state index in [2.05, 4.69) is 5.10 Å². The Labute approximate surface area is 243 Å². The number of amidine groups is 1. The molecule has 0 saturated carbocycles. The van der Waals surface area contributed by atoms with Gasteiger partial charge in [0, 0.05) is 49.9 Å². The summed E-state index contributed by atoms with van der Waals surface area (Å²) >= 11 is 1.13. The smallest absolute Gasteiger partial charge is 0.326 e. The molecule has 2 aromatic rings. The third-order valence-corrected chi connectivity index (χ3v) is 8.62. The average Bonchev–Trinajstić information content (AvgIpc) is 3.28. The third-order valence-electron chi connectivity index (χ3n) is 7.52. The number of likely N-dealkylation sites (tertiary alicyclic amines) is 1. The maximum atomic E-state index is 16.2. The summed E-state index contributed by atoms with van der Waals surface area (Å²) in [5.74, 6) is -2.51. The van der Waals surface area contributed by atoms with Gasteiger partial charge in [-0.15, -0.1) is 0 Å². The first-order valence-electron chi connectivity index (χ1n) is 13.5. The topological polar surface area (TPSA) is 144 Å². The Morgan fingerprint density at radius 2 is 1.88 bits per heavy atom. The highest BCUT2D eigenvalue weighted by Crippen LogP contribution is 2.39. The minimum Gasteiger partial charge on any atom is -0.384 e. The molecular weight excluding hydrogens is 551 g/mol. The lowest BCUT2D eigenvalue weighted by Crippen LogP contribution is -2.54. The van der Waals surface area contributed by atoms with Crippen molar-refractivity contribution in [3.8, 4) is 0 Å². The Morgan fingerprint density at radius 3 is 2.49 bits per heavy atom. The molecule has 2 atom stereocenters. The first-order chi connectivity index (χ1) is 19.5. The van der Waals surface area contributed by atoms with Gasteiger partial charge in [-0.05, 0) is 25.8 Å². The van der Waals surface area contributed by atoms with E-state index in [1.807, 2.05) is 0 Å². The molecular formula is C28H37FN6O5S. The van der Waals surface area contributed by atoms with Crippen LogP contribution >= 0.6 is 11.8 Å². The van der Waals surface area contributed by atoms with Gasteiger partial charge in [-0.25, -0.2) is 9.18 Å². The molecule has 3 N–H and O–H groups in total. The lowest BCUT2D eigenvalue weighted by atomic mass is 9.83. The van der Waals surface area contributed by atoms with Crippen LogP contribution in [-0.4, -0.2) is 89.8 Å². The Hall–Kier alpha value is -3.29. The molecule has 2 aliphatic heterocycles. The highest BCUT2D eigenvalue weighted by molar-refractivity contribution is 7.98. The quantitative estimate of drug-likeness (QED) is 0.272. The molecule has 2 saturated heterocycles. The van der Waals surface area contributed by atoms with Gasteiger partial charge >= 0.3 is 6.03 Å². The van der Waals surface area contributed by atoms with Gasteiger partial charge in [0.2, 0.25) is 5.91 Å². The number of carbonyl (C=O) groups is 3. The monoisotopic (exact) mass is 588 g/mol. The summed E-state index contributed by atoms with van der Waals surface area (Å²) in [7, 11) is 1.49. The molecule has 222 valence electrons. The minimum atomic E-state index is -0.988. The van der Waals surface area contributed by atoms with Crippen LogP contribution in [0.3, 0.4) is 0 Å². The van der Waals surface area contributed by atoms with Gasteiger partial charge in [0.1, 0.15) is 16.6 Å². The van der Waals surface area contributed by atoms with E-state index in [-0.39, 0.29) is 35.7 Å². The van der Waals surface area contributed by atoms with Gasteiger partial charge in [0.25, 0.3) is 5.91 Å². The van der Waals surface area contributed by atoms with Crippen molar-refractivity contribution in [2.45, 2.75) is 43.9 Å². The van der Waals surface area contributed by atoms with E-state index in [0.717, 1.165) is 22.0 Å². The summed E-state index contributed by atoms with van der Waals surface area (Å²) in [5, 5.41) is 12.1. The zero-order valence-corrected chi connectivity index (χ0v) is 24.6. The van der Waals surface area contributed by atoms with E-state index in [9.17, 15) is 14.4 Å². The van der Waals surface area contributed by atoms with Gasteiger partial charge in [0.15, 0.2) is 5.82 Å². The number of imide groups is 1. The van der Waals surface area contributed by atoms with E-state index >= 15 is 4.39 Å². The van der Waals surface area contributed by atoms with Crippen molar-refractivity contribution < 1.29 is 28.2 Å². The molecule has 3 heterocycles. The van der Waals surface area contributed by atoms with Crippen LogP contribution in [0.2, 0.25) is 0 Å². The van der Waals surface area contributed by atoms with Crippen molar-refractivity contribution in [3.05, 3.63) is 46.9 Å². The number of urea groups is 1. The fourth-order valence-electron chi connectivity index (χ4n) is 5.08. The van der Waals surface area contributed by atoms with Crippen molar-refractivity contribution >= 4 is 35.4 Å². The van der Waals surface area contributed by atoms with Crippen molar-refractivity contribution in [3.63, 3.8) is 0 Å². The van der Waals surface area contributed by atoms with Crippen molar-refractivity contribution in [1.82, 2.24) is 19.6 Å². The molecule has 0 aliphatic carbocycles. The molecule has 3 amide bonds. The van der Waals surface area contributed by atoms with Crippen LogP contribution in [0.25, 0.3) is 0 Å². The largest absolute Gasteiger partial charge is 0.384 e. The normalized spacial score (nSPS) is 19.9. The lowest BCUT2D eigenvalue weighted by Gasteiger charge is -2.38. The number of thioether (sulfide) groups is 1. The summed E-state index contributed by atoms with van der Waals surface area (Å²) in [6.07, 6.45) is 0.323. The van der Waals surface area contributed by atoms with Crippen LogP contribution in [0.15, 0.2) is 29.3 Å². The van der Waals surface area contributed by atoms with Gasteiger partial charge in [-0.3, -0.25) is 19.9 Å². The minimum absolute atomic E-state index is 0.0420. The van der Waals surface area contributed by atoms with Crippen LogP contribution < -0.4 is 5.73 Å². The number of carbonyl (C=O) groups excluding carboxylic acids is 3. The number of nitrogen functional groups attached to an aromatic ring is 1. The molecule has 2 unspecified atom stereocenters. The number of hydrogen-bond acceptors (Lipinski definition) is 8. The molecule has 1 aromatic heterocycles. The lowest BCUT2D eigenvalue weighted by molar-refractivity contribution is -0.136. The highest BCUT2D eigenvalue weighted by Gasteiger charge is 2.43. The number of amides is 3. The molecule has 1 aromatic carbocycles. The van der Waals surface area contributed by atoms with E-state index in [0.29, 0.717) is 44.0 Å². The third kappa shape index (κ3) is 6.47. The number of aromatic nitrogens is 2. The number of piperidine rings is 1. The second-order valence-electron chi connectivity index (χ2n) is 11.0. The predicted molar refractivity (Wildman–Crippen MR) is 152 cm³/mol. The van der Waals surface area contributed by atoms with E-state index in [1.54, 1.807) is 49.9 Å². The number of rotatable bonds is 8. The Morgan fingerprint density at radius 1 is 1.22 bits per heavy atom. The number of nitrogens with zero attached hydrogens (tertiary/aromatic N) is 4. The summed E-state index contributed by atoms with van der Waals surface area (Å²) < 4.78 is 27.8. The molecule has 0 spiro atoms. The number of halogens is 1. The predicted octanol–water partition coefficient (Wildman–Crippen LogP) is 3.32. The van der Waals surface area contributed by atoms with E-state index in [1.165, 1.54) is 12.0 Å². The highest BCUT2D eigenvalue weighted by atomic mass is 32.2. The number of hydrogen-bond donors (Lipinski definition) is 2. The van der Waals surface area contributed by atoms with Gasteiger partial charge in [-0.2, -0.15) is 9.78 Å². The van der Waals surface area contributed by atoms with Gasteiger partial charge in [-0.1, -0.05) is 43.0 Å². The molecule has 13 heteroatoms. The second kappa shape index (κ2) is 12.7. The van der Waals surface area contributed by atoms with Crippen molar-refractivity contribution in [2.75, 3.05) is 46.6 Å². The number of morpholine rings is 1. The summed E-state index contributed by atoms with van der Waals surface area (Å²) in [4.78, 5) is 42.8. The van der Waals surface area contributed by atoms with Crippen LogP contribution in [0, 0.1) is 22.6 Å². The summed E-state index contributed by atoms with van der Waals surface area (Å²) in [6, 6.07) is 6.65. The van der Waals surface area contributed by atoms with Crippen molar-refractivity contribution in [2.24, 2.45) is 17.1 Å². The van der Waals surface area contributed by atoms with Crippen LogP contribution in [-0.2, 0) is 20.0 Å². The first-order valence-corrected chi connectivity index (χ1v) is 14.5. The zero-order chi connectivity index (χ0) is 29.9. The maximum Gasteiger partial charge on any atom is 0.326 e. The maximum absolute atomic E-state index is 16.2. The number of benzene rings is 1. The molecule has 4 rings (SSSR count). The van der Waals surface area contributed by atoms with Crippen molar-refractivity contribution in [1.29, 1.82) is 5.41 Å². The fourth-order valence-corrected chi connectivity index (χ4v) is 6.05. The molecule has 41 heavy (non-hydrogen) atoms. The zero-order valence-electron chi connectivity index (χ0n) is 23.8. The number of methoxy groups -OCH3 is 1. The summed E-state index contributed by atoms with van der Waals surface area (Å²) in [6.45, 7) is 6.98. The second-order valence-corrected chi connectivity index (χ2v) is 12.0. The van der Waals surface area contributed by atoms with Crippen LogP contribution in [0.4, 0.5) is 9.18 Å². The molecule has 2 aliphatic rings. The Bertz CT molecular complexity index is 1310. The molecule has 0 radical (unpaired) electrons. The number of nitrogens with two attached hydrogens (primary N) is 1. The fraction of sp³-hybridized carbons (Fsp3) is 0.536. The Kier molecular flexibility index (Phi) is 9.50.